The van der Waals surface area contributed by atoms with Crippen LogP contribution in [0.15, 0.2) is 24.5 Å². The van der Waals surface area contributed by atoms with Crippen molar-refractivity contribution in [3.8, 4) is 0 Å². The lowest BCUT2D eigenvalue weighted by atomic mass is 9.92. The third kappa shape index (κ3) is 6.49. The van der Waals surface area contributed by atoms with Crippen LogP contribution in [0.1, 0.15) is 45.1 Å². The van der Waals surface area contributed by atoms with Gasteiger partial charge in [0.2, 0.25) is 5.91 Å². The summed E-state index contributed by atoms with van der Waals surface area (Å²) in [4.78, 5) is 24.2. The van der Waals surface area contributed by atoms with Gasteiger partial charge in [-0.3, -0.25) is 19.6 Å². The van der Waals surface area contributed by atoms with E-state index < -0.39 is 0 Å². The summed E-state index contributed by atoms with van der Waals surface area (Å²) >= 11 is 0. The highest BCUT2D eigenvalue weighted by Gasteiger charge is 2.33. The molecule has 3 heterocycles. The maximum atomic E-state index is 13.1. The monoisotopic (exact) mass is 402 g/mol. The number of hydrogen-bond acceptors (Lipinski definition) is 5. The summed E-state index contributed by atoms with van der Waals surface area (Å²) in [6, 6.07) is 4.79. The number of hydrogen-bond donors (Lipinski definition) is 1. The highest BCUT2D eigenvalue weighted by Crippen LogP contribution is 2.26. The van der Waals surface area contributed by atoms with Gasteiger partial charge in [-0.25, -0.2) is 0 Å². The molecule has 2 aliphatic rings. The number of piperidine rings is 2. The molecule has 1 N–H and O–H groups in total. The average Bonchev–Trinajstić information content (AvgIpc) is 2.74. The zero-order valence-corrected chi connectivity index (χ0v) is 18.2. The fourth-order valence-corrected chi connectivity index (χ4v) is 4.84. The number of pyridine rings is 1. The van der Waals surface area contributed by atoms with E-state index in [0.717, 1.165) is 52.1 Å². The van der Waals surface area contributed by atoms with Crippen LogP contribution in [0.5, 0.6) is 0 Å². The highest BCUT2D eigenvalue weighted by molar-refractivity contribution is 5.79. The zero-order valence-electron chi connectivity index (χ0n) is 18.2. The molecule has 2 fully saturated rings. The van der Waals surface area contributed by atoms with Crippen molar-refractivity contribution in [1.82, 2.24) is 19.7 Å². The normalized spacial score (nSPS) is 22.1. The summed E-state index contributed by atoms with van der Waals surface area (Å²) < 4.78 is 0. The molecule has 1 aromatic rings. The van der Waals surface area contributed by atoms with Crippen molar-refractivity contribution in [3.05, 3.63) is 30.1 Å². The second kappa shape index (κ2) is 11.0. The fourth-order valence-electron chi connectivity index (χ4n) is 4.84. The minimum absolute atomic E-state index is 0.0465. The Morgan fingerprint density at radius 3 is 2.59 bits per heavy atom. The van der Waals surface area contributed by atoms with Crippen molar-refractivity contribution in [2.75, 3.05) is 45.9 Å². The zero-order chi connectivity index (χ0) is 20.6. The van der Waals surface area contributed by atoms with E-state index in [1.54, 1.807) is 0 Å². The molecule has 0 aliphatic carbocycles. The summed E-state index contributed by atoms with van der Waals surface area (Å²) in [6.07, 6.45) is 8.17. The van der Waals surface area contributed by atoms with Gasteiger partial charge in [0.15, 0.2) is 0 Å². The van der Waals surface area contributed by atoms with Gasteiger partial charge in [0.25, 0.3) is 0 Å². The number of nitrogens with zero attached hydrogens (tertiary/aromatic N) is 4. The van der Waals surface area contributed by atoms with Gasteiger partial charge in [-0.2, -0.15) is 0 Å². The lowest BCUT2D eigenvalue weighted by Crippen LogP contribution is -2.51. The number of rotatable bonds is 8. The average molecular weight is 403 g/mol. The molecular formula is C23H38N4O2. The van der Waals surface area contributed by atoms with Gasteiger partial charge >= 0.3 is 0 Å². The summed E-state index contributed by atoms with van der Waals surface area (Å²) in [5.41, 5.74) is 1.33. The Bertz CT molecular complexity index is 617. The number of aliphatic hydroxyl groups excluding tert-OH is 1. The first-order valence-corrected chi connectivity index (χ1v) is 11.3. The standard InChI is InChI=1S/C23H38N4O2/c1-19(2)16-27(14-15-28)23(29)21-4-3-11-26(18-21)22-7-12-25(13-8-22)17-20-5-9-24-10-6-20/h5-6,9-10,19,21-22,28H,3-4,7-8,11-18H2,1-2H3. The highest BCUT2D eigenvalue weighted by atomic mass is 16.3. The number of aromatic nitrogens is 1. The molecule has 0 saturated carbocycles. The Balaban J connectivity index is 1.50. The molecule has 6 heteroatoms. The quantitative estimate of drug-likeness (QED) is 0.723. The summed E-state index contributed by atoms with van der Waals surface area (Å²) in [6.45, 7) is 10.7. The molecule has 1 aromatic heterocycles. The number of carbonyl (C=O) groups is 1. The lowest BCUT2D eigenvalue weighted by molar-refractivity contribution is -0.139. The van der Waals surface area contributed by atoms with Gasteiger partial charge in [0, 0.05) is 44.6 Å². The van der Waals surface area contributed by atoms with Crippen LogP contribution in [0.4, 0.5) is 0 Å². The molecule has 0 bridgehead atoms. The third-order valence-electron chi connectivity index (χ3n) is 6.30. The molecule has 2 saturated heterocycles. The maximum Gasteiger partial charge on any atom is 0.227 e. The van der Waals surface area contributed by atoms with Crippen LogP contribution >= 0.6 is 0 Å². The molecule has 2 aliphatic heterocycles. The molecule has 162 valence electrons. The van der Waals surface area contributed by atoms with Gasteiger partial charge in [-0.15, -0.1) is 0 Å². The summed E-state index contributed by atoms with van der Waals surface area (Å²) in [5, 5.41) is 9.37. The Morgan fingerprint density at radius 1 is 1.21 bits per heavy atom. The van der Waals surface area contributed by atoms with Gasteiger partial charge in [0.1, 0.15) is 0 Å². The van der Waals surface area contributed by atoms with Crippen LogP contribution in [0.3, 0.4) is 0 Å². The molecule has 0 spiro atoms. The van der Waals surface area contributed by atoms with Gasteiger partial charge in [0.05, 0.1) is 12.5 Å². The number of likely N-dealkylation sites (tertiary alicyclic amines) is 2. The van der Waals surface area contributed by atoms with Crippen LogP contribution in [0.2, 0.25) is 0 Å². The Labute approximate surface area is 175 Å². The lowest BCUT2D eigenvalue weighted by Gasteiger charge is -2.43. The topological polar surface area (TPSA) is 59.9 Å². The second-order valence-electron chi connectivity index (χ2n) is 9.10. The molecule has 0 radical (unpaired) electrons. The predicted octanol–water partition coefficient (Wildman–Crippen LogP) is 2.23. The Kier molecular flexibility index (Phi) is 8.45. The SMILES string of the molecule is CC(C)CN(CCO)C(=O)C1CCCN(C2CCN(Cc3ccncc3)CC2)C1. The van der Waals surface area contributed by atoms with Crippen molar-refractivity contribution >= 4 is 5.91 Å². The van der Waals surface area contributed by atoms with E-state index >= 15 is 0 Å². The van der Waals surface area contributed by atoms with Crippen molar-refractivity contribution in [3.63, 3.8) is 0 Å². The van der Waals surface area contributed by atoms with Gasteiger partial charge in [-0.1, -0.05) is 13.8 Å². The molecule has 1 amide bonds. The number of aliphatic hydroxyl groups is 1. The van der Waals surface area contributed by atoms with Gasteiger partial charge < -0.3 is 10.0 Å². The molecular weight excluding hydrogens is 364 g/mol. The van der Waals surface area contributed by atoms with Crippen LogP contribution < -0.4 is 0 Å². The Morgan fingerprint density at radius 2 is 1.93 bits per heavy atom. The first-order valence-electron chi connectivity index (χ1n) is 11.3. The van der Waals surface area contributed by atoms with Crippen LogP contribution in [-0.4, -0.2) is 82.6 Å². The third-order valence-corrected chi connectivity index (χ3v) is 6.30. The maximum absolute atomic E-state index is 13.1. The van der Waals surface area contributed by atoms with Crippen molar-refractivity contribution in [2.45, 2.75) is 52.1 Å². The van der Waals surface area contributed by atoms with E-state index in [0.29, 0.717) is 18.5 Å². The van der Waals surface area contributed by atoms with Gasteiger partial charge in [-0.05, 0) is 68.9 Å². The first kappa shape index (κ1) is 22.2. The van der Waals surface area contributed by atoms with E-state index in [1.165, 1.54) is 18.4 Å². The largest absolute Gasteiger partial charge is 0.395 e. The summed E-state index contributed by atoms with van der Waals surface area (Å²) in [7, 11) is 0. The minimum atomic E-state index is 0.0465. The molecule has 0 aromatic carbocycles. The van der Waals surface area contributed by atoms with E-state index in [9.17, 15) is 9.90 Å². The van der Waals surface area contributed by atoms with E-state index in [2.05, 4.69) is 40.8 Å². The van der Waals surface area contributed by atoms with Crippen molar-refractivity contribution in [1.29, 1.82) is 0 Å². The summed E-state index contributed by atoms with van der Waals surface area (Å²) in [5.74, 6) is 0.756. The van der Waals surface area contributed by atoms with Crippen LogP contribution in [0, 0.1) is 11.8 Å². The smallest absolute Gasteiger partial charge is 0.227 e. The molecule has 1 unspecified atom stereocenters. The predicted molar refractivity (Wildman–Crippen MR) is 115 cm³/mol. The van der Waals surface area contributed by atoms with Crippen LogP contribution in [-0.2, 0) is 11.3 Å². The van der Waals surface area contributed by atoms with Crippen LogP contribution in [0.25, 0.3) is 0 Å². The minimum Gasteiger partial charge on any atom is -0.395 e. The number of carbonyl (C=O) groups excluding carboxylic acids is 1. The molecule has 29 heavy (non-hydrogen) atoms. The van der Waals surface area contributed by atoms with E-state index in [4.69, 9.17) is 0 Å². The molecule has 3 rings (SSSR count). The molecule has 1 atom stereocenters. The molecule has 6 nitrogen and oxygen atoms in total. The second-order valence-corrected chi connectivity index (χ2v) is 9.10. The Hall–Kier alpha value is -1.50. The van der Waals surface area contributed by atoms with Crippen molar-refractivity contribution in [2.24, 2.45) is 11.8 Å². The van der Waals surface area contributed by atoms with E-state index in [-0.39, 0.29) is 18.4 Å². The van der Waals surface area contributed by atoms with Crippen molar-refractivity contribution < 1.29 is 9.90 Å². The van der Waals surface area contributed by atoms with E-state index in [1.807, 2.05) is 17.3 Å². The fraction of sp³-hybridized carbons (Fsp3) is 0.739. The number of amides is 1. The first-order chi connectivity index (χ1) is 14.1.